The highest BCUT2D eigenvalue weighted by atomic mass is 16.5. The molecule has 130 valence electrons. The van der Waals surface area contributed by atoms with Crippen LogP contribution in [0.15, 0.2) is 28.8 Å². The van der Waals surface area contributed by atoms with Gasteiger partial charge in [-0.05, 0) is 45.7 Å². The number of anilines is 1. The summed E-state index contributed by atoms with van der Waals surface area (Å²) in [6, 6.07) is 8.52. The number of piperidine rings is 1. The van der Waals surface area contributed by atoms with Crippen LogP contribution in [0.4, 0.5) is 6.01 Å². The molecule has 0 atom stereocenters. The van der Waals surface area contributed by atoms with Gasteiger partial charge in [0.2, 0.25) is 5.82 Å². The number of aromatic nitrogens is 2. The Labute approximate surface area is 143 Å². The van der Waals surface area contributed by atoms with Crippen molar-refractivity contribution in [1.82, 2.24) is 15.0 Å². The molecule has 1 aromatic carbocycles. The monoisotopic (exact) mass is 330 g/mol. The molecule has 0 unspecified atom stereocenters. The topological polar surface area (TPSA) is 63.4 Å². The van der Waals surface area contributed by atoms with Crippen molar-refractivity contribution in [3.05, 3.63) is 24.3 Å². The molecule has 0 bridgehead atoms. The molecular formula is C18H26N4O2. The Kier molecular flexibility index (Phi) is 4.76. The normalized spacial score (nSPS) is 17.0. The minimum absolute atomic E-state index is 0.231. The molecule has 2 heterocycles. The predicted molar refractivity (Wildman–Crippen MR) is 94.3 cm³/mol. The molecule has 3 rings (SSSR count). The molecule has 1 fully saturated rings. The van der Waals surface area contributed by atoms with E-state index in [-0.39, 0.29) is 5.54 Å². The molecule has 2 aromatic rings. The summed E-state index contributed by atoms with van der Waals surface area (Å²) in [4.78, 5) is 6.97. The molecule has 0 radical (unpaired) electrons. The van der Waals surface area contributed by atoms with Crippen LogP contribution in [0.5, 0.6) is 5.75 Å². The maximum atomic E-state index is 5.36. The number of benzene rings is 1. The van der Waals surface area contributed by atoms with E-state index in [0.717, 1.165) is 37.2 Å². The Hall–Kier alpha value is -2.08. The summed E-state index contributed by atoms with van der Waals surface area (Å²) >= 11 is 0. The minimum atomic E-state index is 0.231. The average Bonchev–Trinajstić information content (AvgIpc) is 3.03. The zero-order chi connectivity index (χ0) is 17.2. The maximum absolute atomic E-state index is 5.36. The SMILES string of the molecule is COc1cccc(-c2noc(NC3CCN(C(C)(C)C)CC3)n2)c1. The van der Waals surface area contributed by atoms with Crippen LogP contribution < -0.4 is 10.1 Å². The van der Waals surface area contributed by atoms with Crippen LogP contribution in [0.25, 0.3) is 11.4 Å². The Morgan fingerprint density at radius 3 is 2.67 bits per heavy atom. The van der Waals surface area contributed by atoms with E-state index in [1.165, 1.54) is 0 Å². The largest absolute Gasteiger partial charge is 0.497 e. The molecular weight excluding hydrogens is 304 g/mol. The zero-order valence-corrected chi connectivity index (χ0v) is 14.9. The van der Waals surface area contributed by atoms with Crippen molar-refractivity contribution in [2.45, 2.75) is 45.2 Å². The van der Waals surface area contributed by atoms with Gasteiger partial charge in [-0.1, -0.05) is 17.3 Å². The number of rotatable bonds is 4. The third kappa shape index (κ3) is 3.87. The highest BCUT2D eigenvalue weighted by molar-refractivity contribution is 5.57. The average molecular weight is 330 g/mol. The number of ether oxygens (including phenoxy) is 1. The quantitative estimate of drug-likeness (QED) is 0.927. The van der Waals surface area contributed by atoms with E-state index in [2.05, 4.69) is 41.1 Å². The van der Waals surface area contributed by atoms with E-state index >= 15 is 0 Å². The first-order valence-electron chi connectivity index (χ1n) is 8.45. The fourth-order valence-electron chi connectivity index (χ4n) is 3.03. The Balaban J connectivity index is 1.61. The smallest absolute Gasteiger partial charge is 0.322 e. The first-order valence-corrected chi connectivity index (χ1v) is 8.45. The Morgan fingerprint density at radius 1 is 1.25 bits per heavy atom. The molecule has 1 aliphatic heterocycles. The fourth-order valence-corrected chi connectivity index (χ4v) is 3.03. The van der Waals surface area contributed by atoms with Gasteiger partial charge in [-0.2, -0.15) is 4.98 Å². The van der Waals surface area contributed by atoms with Crippen molar-refractivity contribution in [3.8, 4) is 17.1 Å². The van der Waals surface area contributed by atoms with Gasteiger partial charge in [0.25, 0.3) is 0 Å². The molecule has 1 N–H and O–H groups in total. The third-order valence-electron chi connectivity index (χ3n) is 4.53. The van der Waals surface area contributed by atoms with Gasteiger partial charge in [0, 0.05) is 30.2 Å². The lowest BCUT2D eigenvalue weighted by atomic mass is 9.98. The van der Waals surface area contributed by atoms with Crippen LogP contribution in [0.1, 0.15) is 33.6 Å². The van der Waals surface area contributed by atoms with E-state index in [1.54, 1.807) is 7.11 Å². The second kappa shape index (κ2) is 6.81. The van der Waals surface area contributed by atoms with E-state index < -0.39 is 0 Å². The summed E-state index contributed by atoms with van der Waals surface area (Å²) in [5.41, 5.74) is 1.11. The molecule has 24 heavy (non-hydrogen) atoms. The summed E-state index contributed by atoms with van der Waals surface area (Å²) in [5.74, 6) is 1.35. The van der Waals surface area contributed by atoms with Crippen LogP contribution in [0.2, 0.25) is 0 Å². The van der Waals surface area contributed by atoms with Crippen LogP contribution in [0, 0.1) is 0 Å². The standard InChI is InChI=1S/C18H26N4O2/c1-18(2,3)22-10-8-14(9-11-22)19-17-20-16(21-24-17)13-6-5-7-15(12-13)23-4/h5-7,12,14H,8-11H2,1-4H3,(H,19,20,21). The molecule has 1 aromatic heterocycles. The summed E-state index contributed by atoms with van der Waals surface area (Å²) in [7, 11) is 1.65. The van der Waals surface area contributed by atoms with Gasteiger partial charge in [-0.15, -0.1) is 0 Å². The van der Waals surface area contributed by atoms with E-state index in [4.69, 9.17) is 9.26 Å². The summed E-state index contributed by atoms with van der Waals surface area (Å²) in [5, 5.41) is 7.44. The first kappa shape index (κ1) is 16.8. The van der Waals surface area contributed by atoms with Crippen molar-refractivity contribution < 1.29 is 9.26 Å². The number of methoxy groups -OCH3 is 1. The summed E-state index contributed by atoms with van der Waals surface area (Å²) in [6.07, 6.45) is 2.16. The second-order valence-corrected chi connectivity index (χ2v) is 7.23. The van der Waals surface area contributed by atoms with Crippen molar-refractivity contribution in [1.29, 1.82) is 0 Å². The highest BCUT2D eigenvalue weighted by Crippen LogP contribution is 2.25. The maximum Gasteiger partial charge on any atom is 0.322 e. The molecule has 6 heteroatoms. The second-order valence-electron chi connectivity index (χ2n) is 7.23. The van der Waals surface area contributed by atoms with Gasteiger partial charge in [-0.25, -0.2) is 0 Å². The number of hydrogen-bond donors (Lipinski definition) is 1. The van der Waals surface area contributed by atoms with Gasteiger partial charge in [-0.3, -0.25) is 4.90 Å². The van der Waals surface area contributed by atoms with Crippen molar-refractivity contribution in [2.24, 2.45) is 0 Å². The minimum Gasteiger partial charge on any atom is -0.497 e. The molecule has 0 spiro atoms. The molecule has 1 saturated heterocycles. The molecule has 0 aliphatic carbocycles. The molecule has 1 aliphatic rings. The van der Waals surface area contributed by atoms with E-state index in [9.17, 15) is 0 Å². The van der Waals surface area contributed by atoms with Crippen molar-refractivity contribution in [3.63, 3.8) is 0 Å². The zero-order valence-electron chi connectivity index (χ0n) is 14.9. The van der Waals surface area contributed by atoms with Gasteiger partial charge in [0.05, 0.1) is 7.11 Å². The van der Waals surface area contributed by atoms with Gasteiger partial charge in [0.15, 0.2) is 0 Å². The van der Waals surface area contributed by atoms with Gasteiger partial charge >= 0.3 is 6.01 Å². The van der Waals surface area contributed by atoms with Crippen LogP contribution >= 0.6 is 0 Å². The van der Waals surface area contributed by atoms with Crippen molar-refractivity contribution >= 4 is 6.01 Å². The molecule has 0 saturated carbocycles. The van der Waals surface area contributed by atoms with Gasteiger partial charge in [0.1, 0.15) is 5.75 Å². The lowest BCUT2D eigenvalue weighted by Gasteiger charge is -2.40. The van der Waals surface area contributed by atoms with E-state index in [0.29, 0.717) is 17.9 Å². The molecule has 0 amide bonds. The number of hydrogen-bond acceptors (Lipinski definition) is 6. The molecule has 6 nitrogen and oxygen atoms in total. The highest BCUT2D eigenvalue weighted by Gasteiger charge is 2.27. The Morgan fingerprint density at radius 2 is 2.00 bits per heavy atom. The predicted octanol–water partition coefficient (Wildman–Crippen LogP) is 3.42. The number of likely N-dealkylation sites (tertiary alicyclic amines) is 1. The first-order chi connectivity index (χ1) is 11.5. The number of nitrogens with zero attached hydrogens (tertiary/aromatic N) is 3. The lowest BCUT2D eigenvalue weighted by molar-refractivity contribution is 0.105. The Bertz CT molecular complexity index is 670. The number of nitrogens with one attached hydrogen (secondary N) is 1. The third-order valence-corrected chi connectivity index (χ3v) is 4.53. The van der Waals surface area contributed by atoms with Gasteiger partial charge < -0.3 is 14.6 Å². The van der Waals surface area contributed by atoms with Crippen molar-refractivity contribution in [2.75, 3.05) is 25.5 Å². The lowest BCUT2D eigenvalue weighted by Crippen LogP contribution is -2.48. The van der Waals surface area contributed by atoms with Crippen LogP contribution in [-0.4, -0.2) is 46.8 Å². The summed E-state index contributed by atoms with van der Waals surface area (Å²) < 4.78 is 10.6. The van der Waals surface area contributed by atoms with E-state index in [1.807, 2.05) is 24.3 Å². The fraction of sp³-hybridized carbons (Fsp3) is 0.556. The summed E-state index contributed by atoms with van der Waals surface area (Å²) in [6.45, 7) is 8.95. The van der Waals surface area contributed by atoms with Crippen LogP contribution in [0.3, 0.4) is 0 Å². The van der Waals surface area contributed by atoms with Crippen LogP contribution in [-0.2, 0) is 0 Å².